The van der Waals surface area contributed by atoms with Crippen molar-refractivity contribution >= 4 is 32.9 Å². The average Bonchev–Trinajstić information content (AvgIpc) is 3.59. The number of rotatable bonds is 5. The van der Waals surface area contributed by atoms with Gasteiger partial charge in [-0.05, 0) is 126 Å². The molecule has 59 heavy (non-hydrogen) atoms. The smallest absolute Gasteiger partial charge is 0.132 e. The second kappa shape index (κ2) is 13.2. The Hall–Kier alpha value is -7.68. The fourth-order valence-electron chi connectivity index (χ4n) is 9.85. The van der Waals surface area contributed by atoms with E-state index in [0.29, 0.717) is 0 Å². The molecule has 0 fully saturated rings. The summed E-state index contributed by atoms with van der Waals surface area (Å²) < 4.78 is 6.92. The van der Waals surface area contributed by atoms with E-state index in [1.54, 1.807) is 0 Å². The lowest BCUT2D eigenvalue weighted by molar-refractivity contribution is 0.436. The quantitative estimate of drug-likeness (QED) is 0.189. The first-order valence-corrected chi connectivity index (χ1v) is 20.3. The highest BCUT2D eigenvalue weighted by atomic mass is 16.5. The molecule has 0 saturated carbocycles. The van der Waals surface area contributed by atoms with Gasteiger partial charge in [-0.25, -0.2) is 0 Å². The number of para-hydroxylation sites is 1. The molecule has 10 aromatic carbocycles. The van der Waals surface area contributed by atoms with E-state index in [-0.39, 0.29) is 0 Å². The van der Waals surface area contributed by atoms with Crippen molar-refractivity contribution in [3.05, 3.63) is 241 Å². The highest BCUT2D eigenvalue weighted by molar-refractivity contribution is 5.98. The van der Waals surface area contributed by atoms with Crippen LogP contribution in [0.5, 0.6) is 11.5 Å². The number of ether oxygens (including phenoxy) is 1. The van der Waals surface area contributed by atoms with E-state index in [1.165, 1.54) is 66.1 Å². The number of benzene rings is 10. The Bertz CT molecular complexity index is 3250. The lowest BCUT2D eigenvalue weighted by Gasteiger charge is -2.39. The van der Waals surface area contributed by atoms with E-state index in [0.717, 1.165) is 45.1 Å². The molecular formula is C57H37NO. The number of hydrogen-bond acceptors (Lipinski definition) is 2. The fourth-order valence-corrected chi connectivity index (χ4v) is 9.85. The molecule has 12 rings (SSSR count). The van der Waals surface area contributed by atoms with Gasteiger partial charge in [0.25, 0.3) is 0 Å². The molecule has 0 aromatic heterocycles. The Labute approximate surface area is 343 Å². The molecule has 0 atom stereocenters. The van der Waals surface area contributed by atoms with Gasteiger partial charge >= 0.3 is 0 Å². The summed E-state index contributed by atoms with van der Waals surface area (Å²) in [5.74, 6) is 1.77. The molecular weight excluding hydrogens is 715 g/mol. The maximum absolute atomic E-state index is 6.92. The maximum Gasteiger partial charge on any atom is 0.132 e. The molecule has 2 heteroatoms. The Balaban J connectivity index is 1.01. The van der Waals surface area contributed by atoms with Crippen LogP contribution in [0.15, 0.2) is 218 Å². The molecule has 0 radical (unpaired) electrons. The van der Waals surface area contributed by atoms with E-state index in [2.05, 4.69) is 224 Å². The number of nitrogens with one attached hydrogen (secondary N) is 1. The van der Waals surface area contributed by atoms with Crippen molar-refractivity contribution in [2.45, 2.75) is 5.41 Å². The van der Waals surface area contributed by atoms with Gasteiger partial charge < -0.3 is 10.1 Å². The molecule has 1 aliphatic heterocycles. The number of anilines is 2. The zero-order valence-corrected chi connectivity index (χ0v) is 32.2. The Kier molecular flexibility index (Phi) is 7.48. The molecule has 1 spiro atoms. The minimum absolute atomic E-state index is 0.497. The van der Waals surface area contributed by atoms with Crippen molar-refractivity contribution in [2.24, 2.45) is 0 Å². The van der Waals surface area contributed by atoms with Crippen LogP contribution in [0.4, 0.5) is 11.4 Å². The lowest BCUT2D eigenvalue weighted by Crippen LogP contribution is -2.32. The van der Waals surface area contributed by atoms with Crippen LogP contribution in [0.25, 0.3) is 66.1 Å². The van der Waals surface area contributed by atoms with Crippen LogP contribution >= 0.6 is 0 Å². The van der Waals surface area contributed by atoms with Gasteiger partial charge in [-0.2, -0.15) is 0 Å². The van der Waals surface area contributed by atoms with Gasteiger partial charge in [-0.15, -0.1) is 0 Å². The molecule has 1 aliphatic carbocycles. The topological polar surface area (TPSA) is 21.3 Å². The molecule has 276 valence electrons. The first kappa shape index (κ1) is 33.5. The Morgan fingerprint density at radius 1 is 0.305 bits per heavy atom. The lowest BCUT2D eigenvalue weighted by atomic mass is 9.66. The second-order valence-electron chi connectivity index (χ2n) is 15.7. The summed E-state index contributed by atoms with van der Waals surface area (Å²) in [6.45, 7) is 0. The van der Waals surface area contributed by atoms with Gasteiger partial charge in [0.05, 0.1) is 5.41 Å². The molecule has 0 saturated heterocycles. The maximum atomic E-state index is 6.92. The highest BCUT2D eigenvalue weighted by Crippen LogP contribution is 2.62. The molecule has 1 N–H and O–H groups in total. The molecule has 1 heterocycles. The molecule has 0 unspecified atom stereocenters. The monoisotopic (exact) mass is 751 g/mol. The van der Waals surface area contributed by atoms with Crippen LogP contribution in [-0.2, 0) is 5.41 Å². The van der Waals surface area contributed by atoms with Crippen molar-refractivity contribution in [3.8, 4) is 56.0 Å². The first-order valence-electron chi connectivity index (χ1n) is 20.3. The van der Waals surface area contributed by atoms with E-state index in [1.807, 2.05) is 0 Å². The second-order valence-corrected chi connectivity index (χ2v) is 15.7. The molecule has 0 bridgehead atoms. The molecule has 2 nitrogen and oxygen atoms in total. The van der Waals surface area contributed by atoms with Crippen LogP contribution in [0.2, 0.25) is 0 Å². The summed E-state index contributed by atoms with van der Waals surface area (Å²) in [6.07, 6.45) is 0. The van der Waals surface area contributed by atoms with Crippen molar-refractivity contribution in [2.75, 3.05) is 5.32 Å². The Morgan fingerprint density at radius 3 is 1.73 bits per heavy atom. The third-order valence-corrected chi connectivity index (χ3v) is 12.4. The fraction of sp³-hybridized carbons (Fsp3) is 0.0175. The summed E-state index contributed by atoms with van der Waals surface area (Å²) in [5.41, 5.74) is 15.9. The van der Waals surface area contributed by atoms with Crippen LogP contribution in [0, 0.1) is 0 Å². The third kappa shape index (κ3) is 5.27. The summed E-state index contributed by atoms with van der Waals surface area (Å²) in [5, 5.41) is 8.75. The minimum atomic E-state index is -0.497. The summed E-state index contributed by atoms with van der Waals surface area (Å²) in [4.78, 5) is 0. The van der Waals surface area contributed by atoms with Gasteiger partial charge in [-0.3, -0.25) is 0 Å². The van der Waals surface area contributed by atoms with Crippen molar-refractivity contribution in [1.82, 2.24) is 0 Å². The van der Waals surface area contributed by atoms with Gasteiger partial charge in [0.1, 0.15) is 11.5 Å². The van der Waals surface area contributed by atoms with Gasteiger partial charge in [0, 0.05) is 22.5 Å². The van der Waals surface area contributed by atoms with Gasteiger partial charge in [-0.1, -0.05) is 170 Å². The number of fused-ring (bicyclic) bond motifs is 11. The third-order valence-electron chi connectivity index (χ3n) is 12.4. The zero-order valence-electron chi connectivity index (χ0n) is 32.2. The Morgan fingerprint density at radius 2 is 0.881 bits per heavy atom. The standard InChI is InChI=1S/C57H37NO/c1-2-15-39-31-41(28-27-37(39)13-1)40-17-11-18-45(33-40)58-46-34-43(32-44(35-46)48-22-12-16-38-14-3-4-19-47(38)48)42-29-30-54-56(36-42)59-55-26-10-9-25-53(55)57(54)51-23-7-5-20-49(51)50-21-6-8-24-52(50)57/h1-36,58H. The summed E-state index contributed by atoms with van der Waals surface area (Å²) in [6, 6.07) is 79.2. The number of hydrogen-bond donors (Lipinski definition) is 1. The largest absolute Gasteiger partial charge is 0.457 e. The van der Waals surface area contributed by atoms with Crippen LogP contribution in [0.3, 0.4) is 0 Å². The summed E-state index contributed by atoms with van der Waals surface area (Å²) in [7, 11) is 0. The van der Waals surface area contributed by atoms with Crippen molar-refractivity contribution < 1.29 is 4.74 Å². The van der Waals surface area contributed by atoms with Gasteiger partial charge in [0.2, 0.25) is 0 Å². The molecule has 0 amide bonds. The predicted octanol–water partition coefficient (Wildman–Crippen LogP) is 15.2. The first-order chi connectivity index (χ1) is 29.2. The normalized spacial score (nSPS) is 13.0. The average molecular weight is 752 g/mol. The summed E-state index contributed by atoms with van der Waals surface area (Å²) >= 11 is 0. The van der Waals surface area contributed by atoms with Crippen molar-refractivity contribution in [1.29, 1.82) is 0 Å². The van der Waals surface area contributed by atoms with E-state index in [9.17, 15) is 0 Å². The molecule has 10 aromatic rings. The predicted molar refractivity (Wildman–Crippen MR) is 245 cm³/mol. The van der Waals surface area contributed by atoms with Crippen molar-refractivity contribution in [3.63, 3.8) is 0 Å². The minimum Gasteiger partial charge on any atom is -0.457 e. The van der Waals surface area contributed by atoms with Crippen LogP contribution in [0.1, 0.15) is 22.3 Å². The molecule has 2 aliphatic rings. The highest BCUT2D eigenvalue weighted by Gasteiger charge is 2.50. The SMILES string of the molecule is c1cc(Nc2cc(-c3ccc4c(c3)Oc3ccccc3C43c4ccccc4-c4ccccc43)cc(-c3cccc4ccccc34)c2)cc(-c2ccc3ccccc3c2)c1. The van der Waals surface area contributed by atoms with E-state index < -0.39 is 5.41 Å². The van der Waals surface area contributed by atoms with Crippen LogP contribution in [-0.4, -0.2) is 0 Å². The van der Waals surface area contributed by atoms with E-state index in [4.69, 9.17) is 4.74 Å². The zero-order chi connectivity index (χ0) is 38.9. The van der Waals surface area contributed by atoms with Gasteiger partial charge in [0.15, 0.2) is 0 Å². The van der Waals surface area contributed by atoms with E-state index >= 15 is 0 Å². The van der Waals surface area contributed by atoms with Crippen LogP contribution < -0.4 is 10.1 Å².